The molecule has 0 radical (unpaired) electrons. The van der Waals surface area contributed by atoms with Crippen molar-refractivity contribution in [3.05, 3.63) is 132 Å². The normalized spacial score (nSPS) is 13.5. The molecule has 0 aromatic heterocycles. The summed E-state index contributed by atoms with van der Waals surface area (Å²) in [6.07, 6.45) is 0.191. The van der Waals surface area contributed by atoms with Gasteiger partial charge in [-0.1, -0.05) is 138 Å². The van der Waals surface area contributed by atoms with Crippen LogP contribution in [0.4, 0.5) is 0 Å². The van der Waals surface area contributed by atoms with Crippen molar-refractivity contribution in [3.63, 3.8) is 0 Å². The lowest BCUT2D eigenvalue weighted by Crippen LogP contribution is -2.60. The van der Waals surface area contributed by atoms with Gasteiger partial charge in [-0.25, -0.2) is 0 Å². The summed E-state index contributed by atoms with van der Waals surface area (Å²) in [7, 11) is -2.23. The van der Waals surface area contributed by atoms with Crippen LogP contribution in [0.1, 0.15) is 29.2 Å². The molecule has 0 bridgehead atoms. The Balaban J connectivity index is 1.86. The highest BCUT2D eigenvalue weighted by Gasteiger charge is 2.41. The lowest BCUT2D eigenvalue weighted by Gasteiger charge is -2.38. The first kappa shape index (κ1) is 20.3. The number of rotatable bonds is 7. The average molecular weight is 409 g/mol. The molecule has 0 fully saturated rings. The molecular weight excluding hydrogens is 380 g/mol. The van der Waals surface area contributed by atoms with E-state index in [1.165, 1.54) is 15.9 Å². The minimum absolute atomic E-state index is 0.235. The smallest absolute Gasteiger partial charge is 0.122 e. The van der Waals surface area contributed by atoms with E-state index in [4.69, 9.17) is 0 Å². The van der Waals surface area contributed by atoms with Crippen LogP contribution in [0.2, 0.25) is 6.55 Å². The Morgan fingerprint density at radius 1 is 0.567 bits per heavy atom. The van der Waals surface area contributed by atoms with E-state index in [9.17, 15) is 5.11 Å². The van der Waals surface area contributed by atoms with Gasteiger partial charge in [0.15, 0.2) is 0 Å². The van der Waals surface area contributed by atoms with E-state index < -0.39 is 14.2 Å². The summed E-state index contributed by atoms with van der Waals surface area (Å²) in [4.78, 5) is 0. The van der Waals surface area contributed by atoms with E-state index in [0.29, 0.717) is 6.42 Å². The lowest BCUT2D eigenvalue weighted by atomic mass is 10.0. The second-order valence-corrected chi connectivity index (χ2v) is 12.3. The van der Waals surface area contributed by atoms with E-state index in [-0.39, 0.29) is 5.54 Å². The molecule has 0 aliphatic heterocycles. The van der Waals surface area contributed by atoms with Crippen LogP contribution < -0.4 is 10.4 Å². The van der Waals surface area contributed by atoms with E-state index >= 15 is 0 Å². The Hall–Kier alpha value is -2.94. The van der Waals surface area contributed by atoms with Gasteiger partial charge in [0.1, 0.15) is 8.07 Å². The Kier molecular flexibility index (Phi) is 6.27. The zero-order chi connectivity index (χ0) is 20.8. The van der Waals surface area contributed by atoms with Gasteiger partial charge < -0.3 is 5.11 Å². The molecule has 4 aromatic carbocycles. The van der Waals surface area contributed by atoms with Gasteiger partial charge in [0.05, 0.1) is 6.10 Å². The van der Waals surface area contributed by atoms with Crippen LogP contribution in [0.25, 0.3) is 0 Å². The summed E-state index contributed by atoms with van der Waals surface area (Å²) in [6.45, 7) is 2.45. The summed E-state index contributed by atoms with van der Waals surface area (Å²) < 4.78 is 0. The minimum atomic E-state index is -2.23. The molecule has 1 N–H and O–H groups in total. The van der Waals surface area contributed by atoms with Gasteiger partial charge in [0, 0.05) is 0 Å². The first-order chi connectivity index (χ1) is 14.7. The Morgan fingerprint density at radius 3 is 1.37 bits per heavy atom. The first-order valence-electron chi connectivity index (χ1n) is 10.6. The molecule has 0 heterocycles. The fourth-order valence-electron chi connectivity index (χ4n) is 4.56. The van der Waals surface area contributed by atoms with Crippen LogP contribution >= 0.6 is 0 Å². The molecule has 0 unspecified atom stereocenters. The van der Waals surface area contributed by atoms with Crippen LogP contribution in [0.15, 0.2) is 121 Å². The average Bonchev–Trinajstić information content (AvgIpc) is 2.84. The third-order valence-corrected chi connectivity index (χ3v) is 11.3. The molecule has 0 amide bonds. The van der Waals surface area contributed by atoms with Crippen LogP contribution in [0, 0.1) is 0 Å². The highest BCUT2D eigenvalue weighted by atomic mass is 28.3. The molecule has 150 valence electrons. The lowest BCUT2D eigenvalue weighted by molar-refractivity contribution is 0.165. The van der Waals surface area contributed by atoms with Crippen molar-refractivity contribution in [3.8, 4) is 0 Å². The maximum Gasteiger partial charge on any atom is 0.122 e. The predicted octanol–water partition coefficient (Wildman–Crippen LogP) is 5.33. The Bertz CT molecular complexity index is 994. The van der Waals surface area contributed by atoms with Gasteiger partial charge in [-0.05, 0) is 23.1 Å². The summed E-state index contributed by atoms with van der Waals surface area (Å²) in [5.74, 6) is 0. The van der Waals surface area contributed by atoms with Crippen LogP contribution in [-0.2, 0) is 0 Å². The molecule has 0 saturated heterocycles. The maximum absolute atomic E-state index is 11.2. The molecule has 0 aliphatic rings. The quantitative estimate of drug-likeness (QED) is 0.410. The second kappa shape index (κ2) is 9.25. The molecule has 2 atom stereocenters. The predicted molar refractivity (Wildman–Crippen MR) is 129 cm³/mol. The van der Waals surface area contributed by atoms with E-state index in [1.807, 2.05) is 30.3 Å². The largest absolute Gasteiger partial charge is 0.388 e. The fraction of sp³-hybridized carbons (Fsp3) is 0.143. The van der Waals surface area contributed by atoms with Gasteiger partial charge in [0.2, 0.25) is 0 Å². The summed E-state index contributed by atoms with van der Waals surface area (Å²) in [5, 5.41) is 14.0. The van der Waals surface area contributed by atoms with Crippen LogP contribution in [-0.4, -0.2) is 13.2 Å². The van der Waals surface area contributed by atoms with E-state index in [2.05, 4.69) is 97.5 Å². The van der Waals surface area contributed by atoms with Crippen molar-refractivity contribution in [1.29, 1.82) is 0 Å². The highest BCUT2D eigenvalue weighted by molar-refractivity contribution is 7.02. The van der Waals surface area contributed by atoms with Gasteiger partial charge in [0.25, 0.3) is 0 Å². The number of benzene rings is 4. The van der Waals surface area contributed by atoms with E-state index in [1.54, 1.807) is 0 Å². The topological polar surface area (TPSA) is 20.2 Å². The third-order valence-electron chi connectivity index (χ3n) is 6.29. The van der Waals surface area contributed by atoms with Crippen molar-refractivity contribution in [2.75, 3.05) is 0 Å². The monoisotopic (exact) mass is 408 g/mol. The summed E-state index contributed by atoms with van der Waals surface area (Å²) >= 11 is 0. The zero-order valence-corrected chi connectivity index (χ0v) is 18.4. The van der Waals surface area contributed by atoms with Crippen molar-refractivity contribution in [1.82, 2.24) is 0 Å². The number of aliphatic hydroxyl groups excluding tert-OH is 1. The summed E-state index contributed by atoms with van der Waals surface area (Å²) in [5.41, 5.74) is 2.52. The molecule has 0 saturated carbocycles. The number of aliphatic hydroxyl groups is 1. The molecular formula is C28H28OSi. The molecule has 30 heavy (non-hydrogen) atoms. The minimum Gasteiger partial charge on any atom is -0.388 e. The van der Waals surface area contributed by atoms with Crippen molar-refractivity contribution in [2.45, 2.75) is 24.6 Å². The number of hydrogen-bond acceptors (Lipinski definition) is 1. The molecule has 4 aromatic rings. The zero-order valence-electron chi connectivity index (χ0n) is 17.4. The van der Waals surface area contributed by atoms with Gasteiger partial charge in [-0.15, -0.1) is 0 Å². The molecule has 0 aliphatic carbocycles. The Labute approximate surface area is 180 Å². The maximum atomic E-state index is 11.2. The van der Waals surface area contributed by atoms with Crippen LogP contribution in [0.3, 0.4) is 0 Å². The fourth-order valence-corrected chi connectivity index (χ4v) is 9.02. The third kappa shape index (κ3) is 4.16. The Morgan fingerprint density at radius 2 is 0.933 bits per heavy atom. The number of hydrogen-bond donors (Lipinski definition) is 1. The van der Waals surface area contributed by atoms with Crippen LogP contribution in [0.5, 0.6) is 0 Å². The van der Waals surface area contributed by atoms with Gasteiger partial charge >= 0.3 is 0 Å². The molecule has 2 heteroatoms. The molecule has 1 nitrogen and oxygen atoms in total. The highest BCUT2D eigenvalue weighted by Crippen LogP contribution is 2.35. The second-order valence-electron chi connectivity index (χ2n) is 8.06. The van der Waals surface area contributed by atoms with Crippen molar-refractivity contribution in [2.24, 2.45) is 0 Å². The van der Waals surface area contributed by atoms with Crippen molar-refractivity contribution < 1.29 is 5.11 Å². The van der Waals surface area contributed by atoms with Crippen molar-refractivity contribution >= 4 is 18.4 Å². The molecule has 4 rings (SSSR count). The SMILES string of the molecule is C[Si](c1ccccc1)(c1ccccc1)[C@H](C[C@@H](O)c1ccccc1)c1ccccc1. The van der Waals surface area contributed by atoms with E-state index in [0.717, 1.165) is 5.56 Å². The summed E-state index contributed by atoms with van der Waals surface area (Å²) in [6, 6.07) is 42.6. The van der Waals surface area contributed by atoms with Gasteiger partial charge in [-0.2, -0.15) is 0 Å². The van der Waals surface area contributed by atoms with Gasteiger partial charge in [-0.3, -0.25) is 0 Å². The molecule has 0 spiro atoms. The standard InChI is InChI=1S/C28H28OSi/c1-30(25-18-10-4-11-19-25,26-20-12-5-13-21-26)28(24-16-8-3-9-17-24)22-27(29)23-14-6-2-7-15-23/h2-21,27-29H,22H2,1H3/t27-,28-/m1/s1. The first-order valence-corrected chi connectivity index (χ1v) is 13.2.